The molecular formula is C16H24O4. The van der Waals surface area contributed by atoms with Crippen LogP contribution in [-0.2, 0) is 19.1 Å². The third-order valence-corrected chi connectivity index (χ3v) is 5.73. The van der Waals surface area contributed by atoms with E-state index in [-0.39, 0.29) is 35.9 Å². The SMILES string of the molecule is COC1CCC2C(=O)C3CC(OC)CCC3C(=O)C2C1. The maximum Gasteiger partial charge on any atom is 0.140 e. The topological polar surface area (TPSA) is 52.6 Å². The van der Waals surface area contributed by atoms with Crippen LogP contribution in [-0.4, -0.2) is 38.0 Å². The molecule has 0 aromatic carbocycles. The van der Waals surface area contributed by atoms with Crippen molar-refractivity contribution in [2.75, 3.05) is 14.2 Å². The van der Waals surface area contributed by atoms with Crippen LogP contribution in [0.25, 0.3) is 0 Å². The lowest BCUT2D eigenvalue weighted by molar-refractivity contribution is -0.156. The van der Waals surface area contributed by atoms with Crippen molar-refractivity contribution in [3.8, 4) is 0 Å². The van der Waals surface area contributed by atoms with Gasteiger partial charge in [-0.1, -0.05) is 0 Å². The Labute approximate surface area is 120 Å². The molecule has 0 amide bonds. The van der Waals surface area contributed by atoms with Crippen LogP contribution in [0.2, 0.25) is 0 Å². The number of hydrogen-bond acceptors (Lipinski definition) is 4. The number of rotatable bonds is 2. The van der Waals surface area contributed by atoms with E-state index >= 15 is 0 Å². The Morgan fingerprint density at radius 2 is 1.10 bits per heavy atom. The maximum atomic E-state index is 12.7. The molecule has 0 radical (unpaired) electrons. The van der Waals surface area contributed by atoms with Crippen molar-refractivity contribution < 1.29 is 19.1 Å². The summed E-state index contributed by atoms with van der Waals surface area (Å²) in [5.74, 6) is 0.395. The van der Waals surface area contributed by atoms with E-state index in [1.165, 1.54) is 0 Å². The summed E-state index contributed by atoms with van der Waals surface area (Å²) < 4.78 is 10.8. The first kappa shape index (κ1) is 14.2. The van der Waals surface area contributed by atoms with Crippen LogP contribution >= 0.6 is 0 Å². The summed E-state index contributed by atoms with van der Waals surface area (Å²) in [6.07, 6.45) is 5.22. The number of carbonyl (C=O) groups is 2. The van der Waals surface area contributed by atoms with E-state index in [0.29, 0.717) is 11.6 Å². The van der Waals surface area contributed by atoms with Crippen LogP contribution in [0.1, 0.15) is 38.5 Å². The number of hydrogen-bond donors (Lipinski definition) is 0. The molecule has 0 bridgehead atoms. The highest BCUT2D eigenvalue weighted by Gasteiger charge is 2.52. The van der Waals surface area contributed by atoms with Crippen LogP contribution in [0, 0.1) is 23.7 Å². The number of fused-ring (bicyclic) bond motifs is 2. The first-order chi connectivity index (χ1) is 9.65. The van der Waals surface area contributed by atoms with Gasteiger partial charge in [-0.25, -0.2) is 0 Å². The standard InChI is InChI=1S/C16H24O4/c1-19-9-3-5-11-13(7-9)15(17)12-6-4-10(20-2)8-14(12)16(11)18/h9-14H,3-8H2,1-2H3. The first-order valence-electron chi connectivity index (χ1n) is 7.78. The van der Waals surface area contributed by atoms with E-state index in [4.69, 9.17) is 9.47 Å². The molecule has 0 aliphatic heterocycles. The predicted octanol–water partition coefficient (Wildman–Crippen LogP) is 2.00. The van der Waals surface area contributed by atoms with Gasteiger partial charge >= 0.3 is 0 Å². The molecule has 3 saturated carbocycles. The summed E-state index contributed by atoms with van der Waals surface area (Å²) in [4.78, 5) is 25.5. The van der Waals surface area contributed by atoms with Crippen molar-refractivity contribution in [1.82, 2.24) is 0 Å². The van der Waals surface area contributed by atoms with E-state index < -0.39 is 0 Å². The molecule has 3 aliphatic rings. The smallest absolute Gasteiger partial charge is 0.140 e. The summed E-state index contributed by atoms with van der Waals surface area (Å²) in [6.45, 7) is 0. The fraction of sp³-hybridized carbons (Fsp3) is 0.875. The Kier molecular flexibility index (Phi) is 3.95. The summed E-state index contributed by atoms with van der Waals surface area (Å²) >= 11 is 0. The highest BCUT2D eigenvalue weighted by Crippen LogP contribution is 2.46. The summed E-state index contributed by atoms with van der Waals surface area (Å²) in [7, 11) is 3.40. The molecule has 112 valence electrons. The molecule has 6 unspecified atom stereocenters. The van der Waals surface area contributed by atoms with Gasteiger partial charge in [0.2, 0.25) is 0 Å². The normalized spacial score (nSPS) is 44.9. The van der Waals surface area contributed by atoms with Crippen molar-refractivity contribution in [3.05, 3.63) is 0 Å². The minimum absolute atomic E-state index is 0.0502. The third-order valence-electron chi connectivity index (χ3n) is 5.73. The maximum absolute atomic E-state index is 12.7. The number of ether oxygens (including phenoxy) is 2. The van der Waals surface area contributed by atoms with Gasteiger partial charge in [0.15, 0.2) is 0 Å². The van der Waals surface area contributed by atoms with Crippen LogP contribution in [0.4, 0.5) is 0 Å². The van der Waals surface area contributed by atoms with Crippen LogP contribution in [0.15, 0.2) is 0 Å². The van der Waals surface area contributed by atoms with Crippen LogP contribution in [0.3, 0.4) is 0 Å². The molecule has 0 N–H and O–H groups in total. The van der Waals surface area contributed by atoms with Gasteiger partial charge in [0.05, 0.1) is 12.2 Å². The average Bonchev–Trinajstić information content (AvgIpc) is 2.51. The van der Waals surface area contributed by atoms with Gasteiger partial charge in [-0.3, -0.25) is 9.59 Å². The Bertz CT molecular complexity index is 367. The van der Waals surface area contributed by atoms with Gasteiger partial charge in [0.1, 0.15) is 11.6 Å². The largest absolute Gasteiger partial charge is 0.381 e. The zero-order valence-electron chi connectivity index (χ0n) is 12.3. The molecule has 4 heteroatoms. The van der Waals surface area contributed by atoms with Gasteiger partial charge in [0, 0.05) is 37.9 Å². The Hall–Kier alpha value is -0.740. The molecule has 3 rings (SSSR count). The van der Waals surface area contributed by atoms with Crippen molar-refractivity contribution in [2.24, 2.45) is 23.7 Å². The monoisotopic (exact) mass is 280 g/mol. The second-order valence-corrected chi connectivity index (χ2v) is 6.57. The zero-order valence-corrected chi connectivity index (χ0v) is 12.3. The first-order valence-corrected chi connectivity index (χ1v) is 7.78. The Morgan fingerprint density at radius 3 is 1.45 bits per heavy atom. The molecule has 0 spiro atoms. The van der Waals surface area contributed by atoms with Crippen molar-refractivity contribution in [3.63, 3.8) is 0 Å². The van der Waals surface area contributed by atoms with Crippen molar-refractivity contribution >= 4 is 11.6 Å². The van der Waals surface area contributed by atoms with Gasteiger partial charge in [0.25, 0.3) is 0 Å². The van der Waals surface area contributed by atoms with Gasteiger partial charge < -0.3 is 9.47 Å². The zero-order chi connectivity index (χ0) is 14.3. The van der Waals surface area contributed by atoms with E-state index in [2.05, 4.69) is 0 Å². The minimum Gasteiger partial charge on any atom is -0.381 e. The summed E-state index contributed by atoms with van der Waals surface area (Å²) in [5, 5.41) is 0. The second-order valence-electron chi connectivity index (χ2n) is 6.57. The molecule has 0 aromatic heterocycles. The Morgan fingerprint density at radius 1 is 0.700 bits per heavy atom. The highest BCUT2D eigenvalue weighted by atomic mass is 16.5. The van der Waals surface area contributed by atoms with E-state index in [0.717, 1.165) is 38.5 Å². The lowest BCUT2D eigenvalue weighted by Crippen LogP contribution is -2.53. The van der Waals surface area contributed by atoms with Gasteiger partial charge in [-0.2, -0.15) is 0 Å². The molecule has 0 aromatic rings. The van der Waals surface area contributed by atoms with E-state index in [1.54, 1.807) is 14.2 Å². The highest BCUT2D eigenvalue weighted by molar-refractivity contribution is 5.99. The molecule has 3 aliphatic carbocycles. The molecule has 6 atom stereocenters. The number of carbonyl (C=O) groups excluding carboxylic acids is 2. The molecule has 4 nitrogen and oxygen atoms in total. The Balaban J connectivity index is 1.80. The molecule has 20 heavy (non-hydrogen) atoms. The van der Waals surface area contributed by atoms with E-state index in [1.807, 2.05) is 0 Å². The second kappa shape index (κ2) is 5.57. The lowest BCUT2D eigenvalue weighted by Gasteiger charge is -2.46. The molecule has 3 fully saturated rings. The minimum atomic E-state index is -0.0819. The van der Waals surface area contributed by atoms with Crippen molar-refractivity contribution in [2.45, 2.75) is 50.7 Å². The molecule has 0 saturated heterocycles. The third kappa shape index (κ3) is 2.23. The number of Topliss-reactive ketones (excluding diaryl/α,β-unsaturated/α-hetero) is 2. The lowest BCUT2D eigenvalue weighted by atomic mass is 9.58. The van der Waals surface area contributed by atoms with Gasteiger partial charge in [-0.05, 0) is 38.5 Å². The average molecular weight is 280 g/mol. The predicted molar refractivity (Wildman–Crippen MR) is 73.3 cm³/mol. The summed E-state index contributed by atoms with van der Waals surface area (Å²) in [5.41, 5.74) is 0. The fourth-order valence-corrected chi connectivity index (χ4v) is 4.55. The van der Waals surface area contributed by atoms with Crippen LogP contribution in [0.5, 0.6) is 0 Å². The fourth-order valence-electron chi connectivity index (χ4n) is 4.55. The summed E-state index contributed by atoms with van der Waals surface area (Å²) in [6, 6.07) is 0. The molecular weight excluding hydrogens is 256 g/mol. The van der Waals surface area contributed by atoms with Crippen molar-refractivity contribution in [1.29, 1.82) is 0 Å². The molecule has 0 heterocycles. The number of methoxy groups -OCH3 is 2. The van der Waals surface area contributed by atoms with Crippen LogP contribution < -0.4 is 0 Å². The number of ketones is 2. The van der Waals surface area contributed by atoms with Gasteiger partial charge in [-0.15, -0.1) is 0 Å². The van der Waals surface area contributed by atoms with E-state index in [9.17, 15) is 9.59 Å². The quantitative estimate of drug-likeness (QED) is 0.776.